The number of nitrogens with one attached hydrogen (secondary N) is 1. The molecule has 1 aromatic carbocycles. The highest BCUT2D eigenvalue weighted by Gasteiger charge is 2.31. The zero-order valence-electron chi connectivity index (χ0n) is 11.0. The summed E-state index contributed by atoms with van der Waals surface area (Å²) in [6, 6.07) is 6.58. The minimum atomic E-state index is -0.570. The summed E-state index contributed by atoms with van der Waals surface area (Å²) >= 11 is 0. The first-order chi connectivity index (χ1) is 8.57. The maximum absolute atomic E-state index is 13.0. The van der Waals surface area contributed by atoms with Gasteiger partial charge in [-0.15, -0.1) is 0 Å². The van der Waals surface area contributed by atoms with Gasteiger partial charge in [0.05, 0.1) is 5.60 Å². The van der Waals surface area contributed by atoms with Crippen LogP contribution >= 0.6 is 0 Å². The fourth-order valence-electron chi connectivity index (χ4n) is 2.56. The van der Waals surface area contributed by atoms with E-state index in [-0.39, 0.29) is 5.82 Å². The van der Waals surface area contributed by atoms with Gasteiger partial charge in [0.15, 0.2) is 0 Å². The Morgan fingerprint density at radius 2 is 2.11 bits per heavy atom. The van der Waals surface area contributed by atoms with Gasteiger partial charge in [0.1, 0.15) is 5.82 Å². The van der Waals surface area contributed by atoms with Crippen LogP contribution in [0.4, 0.5) is 4.39 Å². The maximum atomic E-state index is 13.0. The zero-order chi connectivity index (χ0) is 13.0. The Bertz CT molecular complexity index is 386. The number of hydrogen-bond donors (Lipinski definition) is 2. The second kappa shape index (κ2) is 5.81. The van der Waals surface area contributed by atoms with Crippen molar-refractivity contribution < 1.29 is 9.50 Å². The average Bonchev–Trinajstić information content (AvgIpc) is 2.34. The van der Waals surface area contributed by atoms with E-state index in [1.165, 1.54) is 12.1 Å². The highest BCUT2D eigenvalue weighted by atomic mass is 19.1. The molecule has 0 spiro atoms. The van der Waals surface area contributed by atoms with Gasteiger partial charge >= 0.3 is 0 Å². The van der Waals surface area contributed by atoms with Crippen molar-refractivity contribution in [1.29, 1.82) is 0 Å². The Morgan fingerprint density at radius 3 is 2.78 bits per heavy atom. The van der Waals surface area contributed by atoms with E-state index in [0.29, 0.717) is 13.1 Å². The lowest BCUT2D eigenvalue weighted by atomic mass is 9.79. The molecule has 0 radical (unpaired) electrons. The van der Waals surface area contributed by atoms with Gasteiger partial charge in [0.2, 0.25) is 0 Å². The molecule has 1 aromatic rings. The van der Waals surface area contributed by atoms with Crippen LogP contribution in [-0.2, 0) is 6.54 Å². The van der Waals surface area contributed by atoms with Gasteiger partial charge in [-0.3, -0.25) is 0 Å². The van der Waals surface area contributed by atoms with Crippen molar-refractivity contribution in [3.8, 4) is 0 Å². The number of rotatable bonds is 4. The van der Waals surface area contributed by atoms with Crippen molar-refractivity contribution in [3.05, 3.63) is 35.6 Å². The highest BCUT2D eigenvalue weighted by Crippen LogP contribution is 2.31. The smallest absolute Gasteiger partial charge is 0.123 e. The molecule has 2 N–H and O–H groups in total. The number of hydrogen-bond acceptors (Lipinski definition) is 2. The molecule has 0 unspecified atom stereocenters. The molecule has 0 bridgehead atoms. The Labute approximate surface area is 108 Å². The molecule has 2 nitrogen and oxygen atoms in total. The van der Waals surface area contributed by atoms with Crippen molar-refractivity contribution >= 4 is 0 Å². The lowest BCUT2D eigenvalue weighted by Gasteiger charge is -2.35. The first-order valence-corrected chi connectivity index (χ1v) is 6.75. The Balaban J connectivity index is 1.78. The van der Waals surface area contributed by atoms with Gasteiger partial charge < -0.3 is 10.4 Å². The van der Waals surface area contributed by atoms with E-state index in [0.717, 1.165) is 37.2 Å². The summed E-state index contributed by atoms with van der Waals surface area (Å²) in [5.41, 5.74) is 0.350. The van der Waals surface area contributed by atoms with Crippen LogP contribution in [0.1, 0.15) is 38.2 Å². The minimum Gasteiger partial charge on any atom is -0.389 e. The highest BCUT2D eigenvalue weighted by molar-refractivity contribution is 5.16. The minimum absolute atomic E-state index is 0.209. The van der Waals surface area contributed by atoms with Gasteiger partial charge in [0, 0.05) is 13.1 Å². The normalized spacial score (nSPS) is 28.3. The summed E-state index contributed by atoms with van der Waals surface area (Å²) in [6.07, 6.45) is 3.92. The van der Waals surface area contributed by atoms with E-state index >= 15 is 0 Å². The fourth-order valence-corrected chi connectivity index (χ4v) is 2.56. The molecule has 1 aliphatic rings. The SMILES string of the molecule is CC1CCC(O)(CNCc2cccc(F)c2)CC1. The lowest BCUT2D eigenvalue weighted by molar-refractivity contribution is -0.00630. The van der Waals surface area contributed by atoms with Crippen molar-refractivity contribution in [3.63, 3.8) is 0 Å². The largest absolute Gasteiger partial charge is 0.389 e. The summed E-state index contributed by atoms with van der Waals surface area (Å²) in [6.45, 7) is 3.44. The Hall–Kier alpha value is -0.930. The van der Waals surface area contributed by atoms with E-state index < -0.39 is 5.60 Å². The van der Waals surface area contributed by atoms with Gasteiger partial charge in [-0.2, -0.15) is 0 Å². The molecular weight excluding hydrogens is 229 g/mol. The second-order valence-corrected chi connectivity index (χ2v) is 5.64. The quantitative estimate of drug-likeness (QED) is 0.862. The summed E-state index contributed by atoms with van der Waals surface area (Å²) in [5, 5.41) is 13.6. The third kappa shape index (κ3) is 3.79. The summed E-state index contributed by atoms with van der Waals surface area (Å²) in [7, 11) is 0. The van der Waals surface area contributed by atoms with E-state index in [9.17, 15) is 9.50 Å². The first kappa shape index (κ1) is 13.5. The van der Waals surface area contributed by atoms with Gasteiger partial charge in [-0.25, -0.2) is 4.39 Å². The lowest BCUT2D eigenvalue weighted by Crippen LogP contribution is -2.43. The molecule has 0 heterocycles. The molecule has 0 aromatic heterocycles. The summed E-state index contributed by atoms with van der Waals surface area (Å²) in [4.78, 5) is 0. The topological polar surface area (TPSA) is 32.3 Å². The van der Waals surface area contributed by atoms with Crippen LogP contribution in [0.15, 0.2) is 24.3 Å². The number of halogens is 1. The van der Waals surface area contributed by atoms with E-state index in [1.54, 1.807) is 6.07 Å². The van der Waals surface area contributed by atoms with Crippen LogP contribution in [0.25, 0.3) is 0 Å². The van der Waals surface area contributed by atoms with Crippen LogP contribution in [0.3, 0.4) is 0 Å². The Kier molecular flexibility index (Phi) is 4.36. The van der Waals surface area contributed by atoms with Gasteiger partial charge in [-0.1, -0.05) is 19.1 Å². The van der Waals surface area contributed by atoms with Crippen LogP contribution in [-0.4, -0.2) is 17.3 Å². The van der Waals surface area contributed by atoms with Crippen molar-refractivity contribution in [2.24, 2.45) is 5.92 Å². The summed E-state index contributed by atoms with van der Waals surface area (Å²) < 4.78 is 13.0. The fraction of sp³-hybridized carbons (Fsp3) is 0.600. The second-order valence-electron chi connectivity index (χ2n) is 5.64. The van der Waals surface area contributed by atoms with E-state index in [4.69, 9.17) is 0 Å². The molecule has 0 saturated heterocycles. The van der Waals surface area contributed by atoms with Crippen LogP contribution in [0.2, 0.25) is 0 Å². The molecular formula is C15H22FNO. The van der Waals surface area contributed by atoms with Crippen molar-refractivity contribution in [2.45, 2.75) is 44.8 Å². The molecule has 3 heteroatoms. The molecule has 0 aliphatic heterocycles. The molecule has 0 atom stereocenters. The Morgan fingerprint density at radius 1 is 1.39 bits per heavy atom. The molecule has 2 rings (SSSR count). The van der Waals surface area contributed by atoms with Crippen LogP contribution in [0, 0.1) is 11.7 Å². The molecule has 18 heavy (non-hydrogen) atoms. The summed E-state index contributed by atoms with van der Waals surface area (Å²) in [5.74, 6) is 0.521. The van der Waals surface area contributed by atoms with E-state index in [2.05, 4.69) is 12.2 Å². The zero-order valence-corrected chi connectivity index (χ0v) is 11.0. The number of benzene rings is 1. The van der Waals surface area contributed by atoms with Gasteiger partial charge in [0.25, 0.3) is 0 Å². The predicted molar refractivity (Wildman–Crippen MR) is 70.7 cm³/mol. The average molecular weight is 251 g/mol. The molecule has 1 aliphatic carbocycles. The monoisotopic (exact) mass is 251 g/mol. The maximum Gasteiger partial charge on any atom is 0.123 e. The molecule has 100 valence electrons. The van der Waals surface area contributed by atoms with Crippen molar-refractivity contribution in [1.82, 2.24) is 5.32 Å². The third-order valence-corrected chi connectivity index (χ3v) is 3.88. The number of aliphatic hydroxyl groups is 1. The molecule has 0 amide bonds. The molecule has 1 saturated carbocycles. The van der Waals surface area contributed by atoms with Crippen LogP contribution < -0.4 is 5.32 Å². The van der Waals surface area contributed by atoms with Crippen LogP contribution in [0.5, 0.6) is 0 Å². The first-order valence-electron chi connectivity index (χ1n) is 6.75. The standard InChI is InChI=1S/C15H22FNO/c1-12-5-7-15(18,8-6-12)11-17-10-13-3-2-4-14(16)9-13/h2-4,9,12,17-18H,5-8,10-11H2,1H3. The van der Waals surface area contributed by atoms with Gasteiger partial charge in [-0.05, 0) is 49.3 Å². The molecule has 1 fully saturated rings. The third-order valence-electron chi connectivity index (χ3n) is 3.88. The van der Waals surface area contributed by atoms with E-state index in [1.807, 2.05) is 6.07 Å². The van der Waals surface area contributed by atoms with Crippen molar-refractivity contribution in [2.75, 3.05) is 6.54 Å². The predicted octanol–water partition coefficient (Wildman–Crippen LogP) is 2.86.